The summed E-state index contributed by atoms with van der Waals surface area (Å²) in [6.45, 7) is 4.47. The molecule has 0 radical (unpaired) electrons. The molecule has 5 nitrogen and oxygen atoms in total. The standard InChI is InChI=1S/C10H18N4O/c1-2-5-14(6-7-15)8-10-12-4-3-9(11)13-10/h3-4,15H,2,5-8H2,1H3,(H2,11,12,13). The van der Waals surface area contributed by atoms with E-state index in [1.807, 2.05) is 0 Å². The molecular weight excluding hydrogens is 192 g/mol. The van der Waals surface area contributed by atoms with Gasteiger partial charge in [-0.2, -0.15) is 0 Å². The summed E-state index contributed by atoms with van der Waals surface area (Å²) in [6, 6.07) is 1.67. The molecule has 0 aliphatic rings. The van der Waals surface area contributed by atoms with Crippen LogP contribution in [0.1, 0.15) is 19.2 Å². The van der Waals surface area contributed by atoms with E-state index < -0.39 is 0 Å². The second kappa shape index (κ2) is 6.31. The van der Waals surface area contributed by atoms with Crippen molar-refractivity contribution in [3.63, 3.8) is 0 Å². The predicted molar refractivity (Wildman–Crippen MR) is 59.1 cm³/mol. The third-order valence-corrected chi connectivity index (χ3v) is 2.05. The van der Waals surface area contributed by atoms with Gasteiger partial charge in [0.2, 0.25) is 0 Å². The summed E-state index contributed by atoms with van der Waals surface area (Å²) < 4.78 is 0. The first-order valence-corrected chi connectivity index (χ1v) is 5.17. The van der Waals surface area contributed by atoms with Crippen molar-refractivity contribution in [2.45, 2.75) is 19.9 Å². The van der Waals surface area contributed by atoms with Crippen LogP contribution < -0.4 is 5.73 Å². The van der Waals surface area contributed by atoms with Gasteiger partial charge in [-0.05, 0) is 19.0 Å². The van der Waals surface area contributed by atoms with Crippen molar-refractivity contribution < 1.29 is 5.11 Å². The van der Waals surface area contributed by atoms with Crippen molar-refractivity contribution >= 4 is 5.82 Å². The molecule has 3 N–H and O–H groups in total. The average Bonchev–Trinajstić information content (AvgIpc) is 2.18. The Morgan fingerprint density at radius 1 is 1.47 bits per heavy atom. The lowest BCUT2D eigenvalue weighted by Crippen LogP contribution is -2.28. The first-order chi connectivity index (χ1) is 7.26. The molecule has 0 saturated heterocycles. The molecule has 1 aromatic heterocycles. The summed E-state index contributed by atoms with van der Waals surface area (Å²) >= 11 is 0. The topological polar surface area (TPSA) is 75.3 Å². The van der Waals surface area contributed by atoms with Crippen LogP contribution in [0.5, 0.6) is 0 Å². The van der Waals surface area contributed by atoms with Crippen LogP contribution in [0, 0.1) is 0 Å². The van der Waals surface area contributed by atoms with Gasteiger partial charge in [0.1, 0.15) is 11.6 Å². The molecular formula is C10H18N4O. The number of hydrogen-bond acceptors (Lipinski definition) is 5. The van der Waals surface area contributed by atoms with Crippen LogP contribution >= 0.6 is 0 Å². The highest BCUT2D eigenvalue weighted by molar-refractivity contribution is 5.24. The Labute approximate surface area is 90.0 Å². The molecule has 0 aliphatic carbocycles. The highest BCUT2D eigenvalue weighted by Crippen LogP contribution is 2.01. The van der Waals surface area contributed by atoms with Crippen LogP contribution in [0.15, 0.2) is 12.3 Å². The number of nitrogens with zero attached hydrogens (tertiary/aromatic N) is 3. The number of nitrogen functional groups attached to an aromatic ring is 1. The number of aliphatic hydroxyl groups excluding tert-OH is 1. The molecule has 1 rings (SSSR count). The van der Waals surface area contributed by atoms with Crippen LogP contribution in [0.25, 0.3) is 0 Å². The quantitative estimate of drug-likeness (QED) is 0.704. The van der Waals surface area contributed by atoms with E-state index in [9.17, 15) is 0 Å². The van der Waals surface area contributed by atoms with Gasteiger partial charge in [0.15, 0.2) is 0 Å². The normalized spacial score (nSPS) is 10.9. The molecule has 0 bridgehead atoms. The van der Waals surface area contributed by atoms with Crippen LogP contribution in [-0.2, 0) is 6.54 Å². The number of aliphatic hydroxyl groups is 1. The molecule has 0 atom stereocenters. The molecule has 15 heavy (non-hydrogen) atoms. The molecule has 0 aliphatic heterocycles. The van der Waals surface area contributed by atoms with E-state index in [4.69, 9.17) is 10.8 Å². The summed E-state index contributed by atoms with van der Waals surface area (Å²) in [5.74, 6) is 1.19. The van der Waals surface area contributed by atoms with E-state index >= 15 is 0 Å². The average molecular weight is 210 g/mol. The van der Waals surface area contributed by atoms with Gasteiger partial charge in [-0.3, -0.25) is 4.90 Å². The molecule has 84 valence electrons. The Morgan fingerprint density at radius 3 is 2.87 bits per heavy atom. The lowest BCUT2D eigenvalue weighted by Gasteiger charge is -2.19. The minimum absolute atomic E-state index is 0.155. The van der Waals surface area contributed by atoms with E-state index in [-0.39, 0.29) is 6.61 Å². The Hall–Kier alpha value is -1.20. The Balaban J connectivity index is 2.56. The molecule has 0 fully saturated rings. The molecule has 5 heteroatoms. The Bertz CT molecular complexity index is 287. The maximum absolute atomic E-state index is 8.89. The molecule has 0 spiro atoms. The third-order valence-electron chi connectivity index (χ3n) is 2.05. The number of aromatic nitrogens is 2. The molecule has 1 heterocycles. The van der Waals surface area contributed by atoms with Gasteiger partial charge in [0, 0.05) is 12.7 Å². The van der Waals surface area contributed by atoms with E-state index in [1.54, 1.807) is 12.3 Å². The highest BCUT2D eigenvalue weighted by Gasteiger charge is 2.06. The fourth-order valence-corrected chi connectivity index (χ4v) is 1.42. The van der Waals surface area contributed by atoms with Crippen molar-refractivity contribution in [2.24, 2.45) is 0 Å². The van der Waals surface area contributed by atoms with Gasteiger partial charge in [0.05, 0.1) is 13.2 Å². The van der Waals surface area contributed by atoms with E-state index in [0.717, 1.165) is 13.0 Å². The molecule has 1 aromatic rings. The Morgan fingerprint density at radius 2 is 2.27 bits per heavy atom. The number of nitrogens with two attached hydrogens (primary N) is 1. The second-order valence-electron chi connectivity index (χ2n) is 3.40. The van der Waals surface area contributed by atoms with Gasteiger partial charge >= 0.3 is 0 Å². The van der Waals surface area contributed by atoms with Gasteiger partial charge < -0.3 is 10.8 Å². The molecule has 0 unspecified atom stereocenters. The lowest BCUT2D eigenvalue weighted by atomic mass is 10.4. The monoisotopic (exact) mass is 210 g/mol. The fraction of sp³-hybridized carbons (Fsp3) is 0.600. The van der Waals surface area contributed by atoms with Gasteiger partial charge in [0.25, 0.3) is 0 Å². The molecule has 0 saturated carbocycles. The van der Waals surface area contributed by atoms with E-state index in [1.165, 1.54) is 0 Å². The molecule has 0 aromatic carbocycles. The summed E-state index contributed by atoms with van der Waals surface area (Å²) in [4.78, 5) is 10.4. The first-order valence-electron chi connectivity index (χ1n) is 5.17. The maximum Gasteiger partial charge on any atom is 0.144 e. The smallest absolute Gasteiger partial charge is 0.144 e. The van der Waals surface area contributed by atoms with Gasteiger partial charge in [-0.25, -0.2) is 9.97 Å². The summed E-state index contributed by atoms with van der Waals surface area (Å²) in [6.07, 6.45) is 2.70. The zero-order valence-electron chi connectivity index (χ0n) is 9.06. The number of anilines is 1. The van der Waals surface area contributed by atoms with Crippen LogP contribution in [-0.4, -0.2) is 39.7 Å². The first kappa shape index (κ1) is 11.9. The van der Waals surface area contributed by atoms with Crippen LogP contribution in [0.4, 0.5) is 5.82 Å². The van der Waals surface area contributed by atoms with Crippen molar-refractivity contribution in [1.29, 1.82) is 0 Å². The summed E-state index contributed by atoms with van der Waals surface area (Å²) in [7, 11) is 0. The third kappa shape index (κ3) is 4.22. The van der Waals surface area contributed by atoms with E-state index in [2.05, 4.69) is 21.8 Å². The second-order valence-corrected chi connectivity index (χ2v) is 3.40. The highest BCUT2D eigenvalue weighted by atomic mass is 16.3. The van der Waals surface area contributed by atoms with E-state index in [0.29, 0.717) is 24.7 Å². The van der Waals surface area contributed by atoms with Gasteiger partial charge in [-0.15, -0.1) is 0 Å². The number of rotatable bonds is 6. The minimum Gasteiger partial charge on any atom is -0.395 e. The summed E-state index contributed by atoms with van der Waals surface area (Å²) in [5.41, 5.74) is 5.56. The van der Waals surface area contributed by atoms with Gasteiger partial charge in [-0.1, -0.05) is 6.92 Å². The van der Waals surface area contributed by atoms with Crippen molar-refractivity contribution in [3.05, 3.63) is 18.1 Å². The maximum atomic E-state index is 8.89. The summed E-state index contributed by atoms with van der Waals surface area (Å²) in [5, 5.41) is 8.89. The van der Waals surface area contributed by atoms with Crippen LogP contribution in [0.2, 0.25) is 0 Å². The largest absolute Gasteiger partial charge is 0.395 e. The van der Waals surface area contributed by atoms with Crippen molar-refractivity contribution in [1.82, 2.24) is 14.9 Å². The van der Waals surface area contributed by atoms with Crippen molar-refractivity contribution in [3.8, 4) is 0 Å². The predicted octanol–water partition coefficient (Wildman–Crippen LogP) is 0.263. The fourth-order valence-electron chi connectivity index (χ4n) is 1.42. The zero-order chi connectivity index (χ0) is 11.1. The molecule has 0 amide bonds. The zero-order valence-corrected chi connectivity index (χ0v) is 9.06. The van der Waals surface area contributed by atoms with Crippen LogP contribution in [0.3, 0.4) is 0 Å². The lowest BCUT2D eigenvalue weighted by molar-refractivity contribution is 0.187. The number of hydrogen-bond donors (Lipinski definition) is 2. The Kier molecular flexibility index (Phi) is 5.00. The minimum atomic E-state index is 0.155. The SMILES string of the molecule is CCCN(CCO)Cc1nccc(N)n1. The van der Waals surface area contributed by atoms with Crippen molar-refractivity contribution in [2.75, 3.05) is 25.4 Å².